The molecule has 2 aromatic rings. The van der Waals surface area contributed by atoms with E-state index in [-0.39, 0.29) is 17.8 Å². The molecule has 1 heterocycles. The van der Waals surface area contributed by atoms with E-state index in [4.69, 9.17) is 0 Å². The molecule has 126 valence electrons. The maximum absolute atomic E-state index is 12.4. The highest BCUT2D eigenvalue weighted by molar-refractivity contribution is 6.30. The fourth-order valence-electron chi connectivity index (χ4n) is 2.61. The van der Waals surface area contributed by atoms with Crippen molar-refractivity contribution in [3.05, 3.63) is 60.2 Å². The van der Waals surface area contributed by atoms with Gasteiger partial charge < -0.3 is 20.1 Å². The van der Waals surface area contributed by atoms with E-state index in [0.29, 0.717) is 5.69 Å². The van der Waals surface area contributed by atoms with Gasteiger partial charge in [0.05, 0.1) is 12.5 Å². The van der Waals surface area contributed by atoms with Crippen LogP contribution < -0.4 is 15.3 Å². The highest BCUT2D eigenvalue weighted by atomic mass is 16.4. The lowest BCUT2D eigenvalue weighted by Crippen LogP contribution is -2.34. The summed E-state index contributed by atoms with van der Waals surface area (Å²) < 4.78 is 0. The second-order valence-electron chi connectivity index (χ2n) is 5.51. The lowest BCUT2D eigenvalue weighted by Gasteiger charge is -2.15. The molecule has 1 fully saturated rings. The molecule has 3 rings (SSSR count). The molecule has 1 aliphatic rings. The normalized spacial score (nSPS) is 16.8. The summed E-state index contributed by atoms with van der Waals surface area (Å²) in [5.74, 6) is -4.56. The van der Waals surface area contributed by atoms with E-state index in [1.54, 1.807) is 30.3 Å². The summed E-state index contributed by atoms with van der Waals surface area (Å²) in [5, 5.41) is 13.2. The molecule has 0 spiro atoms. The van der Waals surface area contributed by atoms with Gasteiger partial charge in [0.1, 0.15) is 0 Å². The molecule has 1 saturated heterocycles. The average Bonchev–Trinajstić information content (AvgIpc) is 2.90. The Labute approximate surface area is 142 Å². The fraction of sp³-hybridized carbons (Fsp3) is 0.111. The van der Waals surface area contributed by atoms with E-state index in [2.05, 4.69) is 5.32 Å². The number of nitrogens with zero attached hydrogens (tertiary/aromatic N) is 1. The molecule has 0 aliphatic carbocycles. The molecule has 2 aromatic carbocycles. The summed E-state index contributed by atoms with van der Waals surface area (Å²) in [5.41, 5.74) is 0.796. The van der Waals surface area contributed by atoms with Crippen LogP contribution in [0.2, 0.25) is 0 Å². The van der Waals surface area contributed by atoms with Crippen molar-refractivity contribution < 1.29 is 24.3 Å². The van der Waals surface area contributed by atoms with E-state index in [0.717, 1.165) is 0 Å². The van der Waals surface area contributed by atoms with Crippen LogP contribution in [-0.4, -0.2) is 30.1 Å². The van der Waals surface area contributed by atoms with Gasteiger partial charge in [-0.25, -0.2) is 0 Å². The average molecular weight is 337 g/mol. The van der Waals surface area contributed by atoms with Gasteiger partial charge >= 0.3 is 0 Å². The number of para-hydroxylation sites is 1. The molecule has 0 saturated carbocycles. The predicted octanol–water partition coefficient (Wildman–Crippen LogP) is 0.221. The van der Waals surface area contributed by atoms with Crippen LogP contribution in [0, 0.1) is 5.92 Å². The number of carboxylic acid groups (broad SMARTS) is 1. The Bertz CT molecular complexity index is 846. The number of aromatic carboxylic acids is 1. The zero-order valence-electron chi connectivity index (χ0n) is 13.0. The maximum Gasteiger partial charge on any atom is 0.247 e. The third-order valence-electron chi connectivity index (χ3n) is 3.87. The van der Waals surface area contributed by atoms with E-state index in [1.165, 1.54) is 29.2 Å². The quantitative estimate of drug-likeness (QED) is 0.803. The van der Waals surface area contributed by atoms with Crippen LogP contribution in [0.4, 0.5) is 11.4 Å². The molecule has 7 heteroatoms. The molecular weight excluding hydrogens is 324 g/mol. The summed E-state index contributed by atoms with van der Waals surface area (Å²) in [7, 11) is 0. The first-order valence-electron chi connectivity index (χ1n) is 7.49. The van der Waals surface area contributed by atoms with Crippen LogP contribution in [-0.2, 0) is 14.4 Å². The van der Waals surface area contributed by atoms with Gasteiger partial charge in [-0.1, -0.05) is 30.3 Å². The number of hydrogen-bond acceptors (Lipinski definition) is 5. The molecule has 7 nitrogen and oxygen atoms in total. The van der Waals surface area contributed by atoms with Crippen LogP contribution in [0.5, 0.6) is 0 Å². The van der Waals surface area contributed by atoms with Crippen LogP contribution in [0.25, 0.3) is 0 Å². The van der Waals surface area contributed by atoms with Gasteiger partial charge in [-0.2, -0.15) is 0 Å². The topological polar surface area (TPSA) is 107 Å². The summed E-state index contributed by atoms with van der Waals surface area (Å²) in [6.07, 6.45) is 0. The predicted molar refractivity (Wildman–Crippen MR) is 86.7 cm³/mol. The van der Waals surface area contributed by atoms with Crippen molar-refractivity contribution >= 4 is 34.9 Å². The third kappa shape index (κ3) is 3.25. The summed E-state index contributed by atoms with van der Waals surface area (Å²) in [6.45, 7) is -0.162. The molecule has 0 radical (unpaired) electrons. The van der Waals surface area contributed by atoms with Gasteiger partial charge in [0, 0.05) is 11.4 Å². The standard InChI is InChI=1S/C18H14N2O5/c21-14-10-20(13-4-2-1-3-5-13)17(23)15(14)16(22)19-12-8-6-11(7-9-12)18(24)25/h1-9,15H,10H2,(H,19,22)(H,24,25)/p-1/t15-/m0/s1. The first kappa shape index (κ1) is 16.4. The van der Waals surface area contributed by atoms with Crippen LogP contribution >= 0.6 is 0 Å². The molecule has 25 heavy (non-hydrogen) atoms. The van der Waals surface area contributed by atoms with Crippen molar-refractivity contribution in [3.63, 3.8) is 0 Å². The lowest BCUT2D eigenvalue weighted by atomic mass is 10.1. The van der Waals surface area contributed by atoms with Gasteiger partial charge in [-0.3, -0.25) is 14.4 Å². The molecule has 2 amide bonds. The Morgan fingerprint density at radius 3 is 2.24 bits per heavy atom. The fourth-order valence-corrected chi connectivity index (χ4v) is 2.61. The highest BCUT2D eigenvalue weighted by Crippen LogP contribution is 2.24. The van der Waals surface area contributed by atoms with E-state index < -0.39 is 29.5 Å². The van der Waals surface area contributed by atoms with Gasteiger partial charge in [-0.15, -0.1) is 0 Å². The number of hydrogen-bond donors (Lipinski definition) is 1. The summed E-state index contributed by atoms with van der Waals surface area (Å²) in [6, 6.07) is 13.9. The van der Waals surface area contributed by atoms with Crippen molar-refractivity contribution in [1.29, 1.82) is 0 Å². The molecule has 0 bridgehead atoms. The van der Waals surface area contributed by atoms with Crippen molar-refractivity contribution in [2.75, 3.05) is 16.8 Å². The van der Waals surface area contributed by atoms with Gasteiger partial charge in [-0.05, 0) is 29.8 Å². The van der Waals surface area contributed by atoms with Crippen molar-refractivity contribution in [3.8, 4) is 0 Å². The Balaban J connectivity index is 1.74. The van der Waals surface area contributed by atoms with Crippen molar-refractivity contribution in [1.82, 2.24) is 0 Å². The zero-order chi connectivity index (χ0) is 18.0. The minimum Gasteiger partial charge on any atom is -0.545 e. The zero-order valence-corrected chi connectivity index (χ0v) is 13.0. The second-order valence-corrected chi connectivity index (χ2v) is 5.51. The second kappa shape index (κ2) is 6.56. The number of ketones is 1. The van der Waals surface area contributed by atoms with Crippen LogP contribution in [0.1, 0.15) is 10.4 Å². The molecular formula is C18H13N2O5-. The Morgan fingerprint density at radius 1 is 1.00 bits per heavy atom. The molecule has 1 aliphatic heterocycles. The Morgan fingerprint density at radius 2 is 1.64 bits per heavy atom. The van der Waals surface area contributed by atoms with Crippen molar-refractivity contribution in [2.24, 2.45) is 5.92 Å². The molecule has 0 aromatic heterocycles. The van der Waals surface area contributed by atoms with Gasteiger partial charge in [0.2, 0.25) is 11.8 Å². The maximum atomic E-state index is 12.4. The minimum absolute atomic E-state index is 0.0405. The first-order valence-corrected chi connectivity index (χ1v) is 7.49. The van der Waals surface area contributed by atoms with E-state index in [1.807, 2.05) is 0 Å². The summed E-state index contributed by atoms with van der Waals surface area (Å²) in [4.78, 5) is 48.9. The van der Waals surface area contributed by atoms with Gasteiger partial charge in [0.25, 0.3) is 0 Å². The van der Waals surface area contributed by atoms with Crippen LogP contribution in [0.3, 0.4) is 0 Å². The number of carboxylic acids is 1. The van der Waals surface area contributed by atoms with Gasteiger partial charge in [0.15, 0.2) is 11.7 Å². The highest BCUT2D eigenvalue weighted by Gasteiger charge is 2.44. The number of carbonyl (C=O) groups is 4. The number of Topliss-reactive ketones (excluding diaryl/α,β-unsaturated/α-hetero) is 1. The number of anilines is 2. The monoisotopic (exact) mass is 337 g/mol. The SMILES string of the molecule is O=C([O-])c1ccc(NC(=O)[C@@H]2C(=O)CN(c3ccccc3)C2=O)cc1. The molecule has 1 atom stereocenters. The number of rotatable bonds is 4. The lowest BCUT2D eigenvalue weighted by molar-refractivity contribution is -0.255. The first-order chi connectivity index (χ1) is 12.0. The Hall–Kier alpha value is -3.48. The van der Waals surface area contributed by atoms with E-state index >= 15 is 0 Å². The molecule has 1 N–H and O–H groups in total. The largest absolute Gasteiger partial charge is 0.545 e. The Kier molecular flexibility index (Phi) is 4.30. The minimum atomic E-state index is -1.42. The number of benzene rings is 2. The molecule has 0 unspecified atom stereocenters. The number of carbonyl (C=O) groups excluding carboxylic acids is 4. The number of amides is 2. The smallest absolute Gasteiger partial charge is 0.247 e. The van der Waals surface area contributed by atoms with Crippen LogP contribution in [0.15, 0.2) is 54.6 Å². The van der Waals surface area contributed by atoms with E-state index in [9.17, 15) is 24.3 Å². The number of nitrogens with one attached hydrogen (secondary N) is 1. The summed E-state index contributed by atoms with van der Waals surface area (Å²) >= 11 is 0. The van der Waals surface area contributed by atoms with Crippen molar-refractivity contribution in [2.45, 2.75) is 0 Å². The third-order valence-corrected chi connectivity index (χ3v) is 3.87.